The first-order valence-corrected chi connectivity index (χ1v) is 7.05. The van der Waals surface area contributed by atoms with E-state index in [9.17, 15) is 0 Å². The maximum atomic E-state index is 5.53. The van der Waals surface area contributed by atoms with Gasteiger partial charge in [0.05, 0.1) is 7.11 Å². The highest BCUT2D eigenvalue weighted by molar-refractivity contribution is 5.36. The zero-order valence-electron chi connectivity index (χ0n) is 11.8. The fourth-order valence-corrected chi connectivity index (χ4v) is 2.75. The minimum atomic E-state index is 0.427. The Morgan fingerprint density at radius 2 is 2.11 bits per heavy atom. The maximum Gasteiger partial charge on any atom is 0.123 e. The van der Waals surface area contributed by atoms with Gasteiger partial charge in [-0.25, -0.2) is 0 Å². The molecule has 3 heteroatoms. The molecular weight excluding hydrogens is 236 g/mol. The van der Waals surface area contributed by atoms with Gasteiger partial charge in [0.1, 0.15) is 5.75 Å². The largest absolute Gasteiger partial charge is 0.496 e. The van der Waals surface area contributed by atoms with E-state index >= 15 is 0 Å². The van der Waals surface area contributed by atoms with Crippen molar-refractivity contribution in [3.8, 4) is 5.75 Å². The number of piperazine rings is 1. The van der Waals surface area contributed by atoms with Gasteiger partial charge in [0.2, 0.25) is 0 Å². The Kier molecular flexibility index (Phi) is 5.43. The molecule has 0 spiro atoms. The molecule has 104 valence electrons. The van der Waals surface area contributed by atoms with Crippen LogP contribution in [0.2, 0.25) is 0 Å². The number of ether oxygens (including phenoxy) is 1. The van der Waals surface area contributed by atoms with E-state index < -0.39 is 0 Å². The summed E-state index contributed by atoms with van der Waals surface area (Å²) in [4.78, 5) is 2.55. The Morgan fingerprint density at radius 3 is 2.79 bits per heavy atom. The van der Waals surface area contributed by atoms with E-state index in [0.717, 1.165) is 44.8 Å². The van der Waals surface area contributed by atoms with Crippen molar-refractivity contribution in [2.24, 2.45) is 0 Å². The first kappa shape index (κ1) is 14.1. The van der Waals surface area contributed by atoms with Gasteiger partial charge in [0, 0.05) is 37.8 Å². The monoisotopic (exact) mass is 260 g/mol. The molecule has 1 atom stereocenters. The van der Waals surface area contributed by atoms with Crippen LogP contribution in [-0.2, 0) is 0 Å². The third kappa shape index (κ3) is 3.58. The summed E-state index contributed by atoms with van der Waals surface area (Å²) >= 11 is 0. The molecule has 3 nitrogen and oxygen atoms in total. The lowest BCUT2D eigenvalue weighted by molar-refractivity contribution is 0.163. The van der Waals surface area contributed by atoms with E-state index in [1.807, 2.05) is 12.1 Å². The quantitative estimate of drug-likeness (QED) is 0.796. The zero-order valence-corrected chi connectivity index (χ0v) is 11.8. The van der Waals surface area contributed by atoms with Gasteiger partial charge in [-0.15, -0.1) is 6.58 Å². The molecular formula is C16H24N2O. The van der Waals surface area contributed by atoms with E-state index in [4.69, 9.17) is 4.74 Å². The van der Waals surface area contributed by atoms with Crippen LogP contribution < -0.4 is 10.1 Å². The molecule has 1 fully saturated rings. The molecule has 0 aromatic heterocycles. The van der Waals surface area contributed by atoms with Crippen LogP contribution in [0.3, 0.4) is 0 Å². The fourth-order valence-electron chi connectivity index (χ4n) is 2.75. The number of nitrogens with zero attached hydrogens (tertiary/aromatic N) is 1. The number of nitrogens with one attached hydrogen (secondary N) is 1. The smallest absolute Gasteiger partial charge is 0.123 e. The number of methoxy groups -OCH3 is 1. The molecule has 19 heavy (non-hydrogen) atoms. The Bertz CT molecular complexity index is 399. The zero-order chi connectivity index (χ0) is 13.5. The number of hydrogen-bond donors (Lipinski definition) is 1. The molecule has 1 aromatic carbocycles. The van der Waals surface area contributed by atoms with E-state index in [1.54, 1.807) is 7.11 Å². The maximum absolute atomic E-state index is 5.53. The Hall–Kier alpha value is -1.32. The molecule has 1 aromatic rings. The molecule has 0 saturated carbocycles. The lowest BCUT2D eigenvalue weighted by Crippen LogP contribution is -2.45. The summed E-state index contributed by atoms with van der Waals surface area (Å²) in [6.07, 6.45) is 4.14. The standard InChI is InChI=1S/C16H24N2O/c1-3-4-8-15(18-12-10-17-11-13-18)14-7-5-6-9-16(14)19-2/h3,5-7,9,15,17H,1,4,8,10-13H2,2H3/t15-/m1/s1. The van der Waals surface area contributed by atoms with Gasteiger partial charge in [-0.2, -0.15) is 0 Å². The summed E-state index contributed by atoms with van der Waals surface area (Å²) < 4.78 is 5.53. The molecule has 1 aliphatic rings. The fraction of sp³-hybridized carbons (Fsp3) is 0.500. The van der Waals surface area contributed by atoms with Gasteiger partial charge >= 0.3 is 0 Å². The summed E-state index contributed by atoms with van der Waals surface area (Å²) in [5.74, 6) is 0.995. The van der Waals surface area contributed by atoms with Crippen LogP contribution in [-0.4, -0.2) is 38.2 Å². The van der Waals surface area contributed by atoms with Gasteiger partial charge in [-0.3, -0.25) is 4.90 Å². The van der Waals surface area contributed by atoms with Crippen LogP contribution >= 0.6 is 0 Å². The van der Waals surface area contributed by atoms with E-state index in [2.05, 4.69) is 35.0 Å². The Morgan fingerprint density at radius 1 is 1.37 bits per heavy atom. The number of benzene rings is 1. The van der Waals surface area contributed by atoms with Crippen LogP contribution in [0.25, 0.3) is 0 Å². The van der Waals surface area contributed by atoms with Gasteiger partial charge in [-0.1, -0.05) is 24.3 Å². The van der Waals surface area contributed by atoms with Crippen LogP contribution in [0.15, 0.2) is 36.9 Å². The molecule has 0 amide bonds. The number of allylic oxidation sites excluding steroid dienone is 1. The molecule has 0 radical (unpaired) electrons. The molecule has 0 aliphatic carbocycles. The normalized spacial score (nSPS) is 17.9. The van der Waals surface area contributed by atoms with Crippen LogP contribution in [0.1, 0.15) is 24.4 Å². The second kappa shape index (κ2) is 7.31. The van der Waals surface area contributed by atoms with Crippen molar-refractivity contribution in [2.75, 3.05) is 33.3 Å². The van der Waals surface area contributed by atoms with Crippen molar-refractivity contribution < 1.29 is 4.74 Å². The predicted molar refractivity (Wildman–Crippen MR) is 79.6 cm³/mol. The van der Waals surface area contributed by atoms with Crippen molar-refractivity contribution in [3.63, 3.8) is 0 Å². The second-order valence-corrected chi connectivity index (χ2v) is 4.91. The second-order valence-electron chi connectivity index (χ2n) is 4.91. The third-order valence-electron chi connectivity index (χ3n) is 3.73. The first-order valence-electron chi connectivity index (χ1n) is 7.05. The average molecular weight is 260 g/mol. The third-order valence-corrected chi connectivity index (χ3v) is 3.73. The van der Waals surface area contributed by atoms with Gasteiger partial charge in [-0.05, 0) is 18.9 Å². The van der Waals surface area contributed by atoms with Gasteiger partial charge in [0.25, 0.3) is 0 Å². The van der Waals surface area contributed by atoms with Crippen molar-refractivity contribution in [1.82, 2.24) is 10.2 Å². The van der Waals surface area contributed by atoms with Crippen molar-refractivity contribution in [2.45, 2.75) is 18.9 Å². The van der Waals surface area contributed by atoms with E-state index in [0.29, 0.717) is 6.04 Å². The minimum Gasteiger partial charge on any atom is -0.496 e. The van der Waals surface area contributed by atoms with E-state index in [1.165, 1.54) is 5.56 Å². The molecule has 1 N–H and O–H groups in total. The summed E-state index contributed by atoms with van der Waals surface area (Å²) in [6, 6.07) is 8.80. The van der Waals surface area contributed by atoms with Gasteiger partial charge in [0.15, 0.2) is 0 Å². The highest BCUT2D eigenvalue weighted by Crippen LogP contribution is 2.32. The Labute approximate surface area is 116 Å². The lowest BCUT2D eigenvalue weighted by Gasteiger charge is -2.35. The summed E-state index contributed by atoms with van der Waals surface area (Å²) in [7, 11) is 1.75. The number of para-hydroxylation sites is 1. The van der Waals surface area contributed by atoms with Crippen LogP contribution in [0.4, 0.5) is 0 Å². The Balaban J connectivity index is 2.22. The predicted octanol–water partition coefficient (Wildman–Crippen LogP) is 2.61. The van der Waals surface area contributed by atoms with Crippen LogP contribution in [0, 0.1) is 0 Å². The van der Waals surface area contributed by atoms with Crippen molar-refractivity contribution >= 4 is 0 Å². The van der Waals surface area contributed by atoms with Crippen molar-refractivity contribution in [3.05, 3.63) is 42.5 Å². The molecule has 1 aliphatic heterocycles. The molecule has 1 saturated heterocycles. The van der Waals surface area contributed by atoms with Gasteiger partial charge < -0.3 is 10.1 Å². The topological polar surface area (TPSA) is 24.5 Å². The molecule has 2 rings (SSSR count). The number of rotatable bonds is 6. The SMILES string of the molecule is C=CCC[C@H](c1ccccc1OC)N1CCNCC1. The average Bonchev–Trinajstić information content (AvgIpc) is 2.49. The van der Waals surface area contributed by atoms with E-state index in [-0.39, 0.29) is 0 Å². The minimum absolute atomic E-state index is 0.427. The highest BCUT2D eigenvalue weighted by atomic mass is 16.5. The highest BCUT2D eigenvalue weighted by Gasteiger charge is 2.23. The molecule has 0 unspecified atom stereocenters. The molecule has 1 heterocycles. The summed E-state index contributed by atoms with van der Waals surface area (Å²) in [5.41, 5.74) is 1.30. The van der Waals surface area contributed by atoms with Crippen molar-refractivity contribution in [1.29, 1.82) is 0 Å². The summed E-state index contributed by atoms with van der Waals surface area (Å²) in [5, 5.41) is 3.41. The molecule has 0 bridgehead atoms. The summed E-state index contributed by atoms with van der Waals surface area (Å²) in [6.45, 7) is 8.18. The van der Waals surface area contributed by atoms with Crippen LogP contribution in [0.5, 0.6) is 5.75 Å². The lowest BCUT2D eigenvalue weighted by atomic mass is 9.98. The first-order chi connectivity index (χ1) is 9.36. The number of hydrogen-bond acceptors (Lipinski definition) is 3.